The Morgan fingerprint density at radius 2 is 2.22 bits per heavy atom. The lowest BCUT2D eigenvalue weighted by Gasteiger charge is -2.26. The summed E-state index contributed by atoms with van der Waals surface area (Å²) in [4.78, 5) is 4.31. The predicted octanol–water partition coefficient (Wildman–Crippen LogP) is 2.11. The highest BCUT2D eigenvalue weighted by Gasteiger charge is 2.27. The number of aromatic nitrogens is 1. The maximum absolute atomic E-state index is 12.3. The van der Waals surface area contributed by atoms with Crippen molar-refractivity contribution in [3.05, 3.63) is 16.7 Å². The average Bonchev–Trinajstić information content (AvgIpc) is 2.27. The topological polar surface area (TPSA) is 71.1 Å². The molecule has 0 spiro atoms. The van der Waals surface area contributed by atoms with Gasteiger partial charge in [-0.3, -0.25) is 0 Å². The lowest BCUT2D eigenvalue weighted by molar-refractivity contribution is 0.383. The Balaban J connectivity index is 2.31. The van der Waals surface area contributed by atoms with E-state index < -0.39 is 10.0 Å². The van der Waals surface area contributed by atoms with Gasteiger partial charge in [-0.1, -0.05) is 6.42 Å². The van der Waals surface area contributed by atoms with Crippen LogP contribution in [0.2, 0.25) is 0 Å². The average molecular weight is 334 g/mol. The molecule has 7 heteroatoms. The highest BCUT2D eigenvalue weighted by molar-refractivity contribution is 9.10. The van der Waals surface area contributed by atoms with E-state index in [9.17, 15) is 8.42 Å². The molecule has 5 nitrogen and oxygen atoms in total. The maximum atomic E-state index is 12.3. The van der Waals surface area contributed by atoms with Gasteiger partial charge in [0.15, 0.2) is 0 Å². The summed E-state index contributed by atoms with van der Waals surface area (Å²) in [6.07, 6.45) is 4.50. The molecule has 1 aliphatic carbocycles. The molecule has 1 aromatic rings. The quantitative estimate of drug-likeness (QED) is 0.865. The molecule has 0 bridgehead atoms. The van der Waals surface area contributed by atoms with E-state index in [1.165, 1.54) is 0 Å². The fourth-order valence-electron chi connectivity index (χ4n) is 1.73. The van der Waals surface area contributed by atoms with Gasteiger partial charge < -0.3 is 5.32 Å². The number of pyridine rings is 1. The van der Waals surface area contributed by atoms with Crippen molar-refractivity contribution in [2.45, 2.75) is 37.1 Å². The van der Waals surface area contributed by atoms with E-state index in [1.54, 1.807) is 12.3 Å². The summed E-state index contributed by atoms with van der Waals surface area (Å²) in [5, 5.41) is 2.97. The second kappa shape index (κ2) is 5.54. The zero-order chi connectivity index (χ0) is 13.2. The largest absolute Gasteiger partial charge is 0.369 e. The molecule has 0 saturated heterocycles. The van der Waals surface area contributed by atoms with Crippen LogP contribution in [0.1, 0.15) is 26.2 Å². The Hall–Kier alpha value is -0.660. The summed E-state index contributed by atoms with van der Waals surface area (Å²) in [6.45, 7) is 2.53. The number of anilines is 1. The maximum Gasteiger partial charge on any atom is 0.244 e. The molecular weight excluding hydrogens is 318 g/mol. The fraction of sp³-hybridized carbons (Fsp3) is 0.545. The van der Waals surface area contributed by atoms with Crippen LogP contribution in [0.5, 0.6) is 0 Å². The first-order valence-corrected chi connectivity index (χ1v) is 8.22. The van der Waals surface area contributed by atoms with Gasteiger partial charge in [0.2, 0.25) is 10.0 Å². The fourth-order valence-corrected chi connectivity index (χ4v) is 3.68. The molecule has 0 amide bonds. The van der Waals surface area contributed by atoms with Gasteiger partial charge in [0, 0.05) is 23.3 Å². The van der Waals surface area contributed by atoms with Crippen LogP contribution in [0.3, 0.4) is 0 Å². The number of halogens is 1. The molecule has 0 aliphatic heterocycles. The van der Waals surface area contributed by atoms with E-state index in [0.29, 0.717) is 16.8 Å². The van der Waals surface area contributed by atoms with Gasteiger partial charge in [0.1, 0.15) is 10.7 Å². The number of hydrogen-bond acceptors (Lipinski definition) is 4. The molecule has 1 saturated carbocycles. The standard InChI is InChI=1S/C11H16BrN3O2S/c1-2-13-11-10(6-8(12)7-14-11)18(16,17)15-9-4-3-5-9/h6-7,9,15H,2-5H2,1H3,(H,13,14). The van der Waals surface area contributed by atoms with E-state index in [2.05, 4.69) is 31.0 Å². The number of nitrogens with zero attached hydrogens (tertiary/aromatic N) is 1. The molecule has 2 N–H and O–H groups in total. The molecule has 100 valence electrons. The molecule has 1 aromatic heterocycles. The molecule has 1 fully saturated rings. The Bertz CT molecular complexity index is 529. The Morgan fingerprint density at radius 3 is 2.78 bits per heavy atom. The lowest BCUT2D eigenvalue weighted by Crippen LogP contribution is -2.39. The van der Waals surface area contributed by atoms with E-state index in [4.69, 9.17) is 0 Å². The molecule has 0 radical (unpaired) electrons. The molecular formula is C11H16BrN3O2S. The Labute approximate surface area is 116 Å². The minimum atomic E-state index is -3.50. The first-order valence-electron chi connectivity index (χ1n) is 5.94. The third kappa shape index (κ3) is 3.02. The molecule has 0 aromatic carbocycles. The van der Waals surface area contributed by atoms with Crippen LogP contribution in [0, 0.1) is 0 Å². The van der Waals surface area contributed by atoms with Crippen molar-refractivity contribution in [2.24, 2.45) is 0 Å². The smallest absolute Gasteiger partial charge is 0.244 e. The van der Waals surface area contributed by atoms with Gasteiger partial charge >= 0.3 is 0 Å². The normalized spacial score (nSPS) is 16.3. The van der Waals surface area contributed by atoms with E-state index in [0.717, 1.165) is 19.3 Å². The number of rotatable bonds is 5. The lowest BCUT2D eigenvalue weighted by atomic mass is 9.94. The van der Waals surface area contributed by atoms with Gasteiger partial charge in [0.25, 0.3) is 0 Å². The van der Waals surface area contributed by atoms with Crippen molar-refractivity contribution in [3.63, 3.8) is 0 Å². The van der Waals surface area contributed by atoms with Crippen LogP contribution in [0.15, 0.2) is 21.6 Å². The van der Waals surface area contributed by atoms with Crippen molar-refractivity contribution < 1.29 is 8.42 Å². The second-order valence-electron chi connectivity index (χ2n) is 4.28. The number of nitrogens with one attached hydrogen (secondary N) is 2. The molecule has 1 aliphatic rings. The second-order valence-corrected chi connectivity index (χ2v) is 6.88. The molecule has 0 unspecified atom stereocenters. The third-order valence-electron chi connectivity index (χ3n) is 2.88. The van der Waals surface area contributed by atoms with Gasteiger partial charge in [-0.25, -0.2) is 18.1 Å². The first-order chi connectivity index (χ1) is 8.53. The summed E-state index contributed by atoms with van der Waals surface area (Å²) in [5.41, 5.74) is 0. The summed E-state index contributed by atoms with van der Waals surface area (Å²) in [5.74, 6) is 0.396. The number of hydrogen-bond donors (Lipinski definition) is 2. The highest BCUT2D eigenvalue weighted by Crippen LogP contribution is 2.26. The minimum absolute atomic E-state index is 0.0726. The molecule has 1 heterocycles. The van der Waals surface area contributed by atoms with Gasteiger partial charge in [-0.2, -0.15) is 0 Å². The molecule has 0 atom stereocenters. The third-order valence-corrected chi connectivity index (χ3v) is 4.85. The van der Waals surface area contributed by atoms with Crippen LogP contribution in [0.25, 0.3) is 0 Å². The summed E-state index contributed by atoms with van der Waals surface area (Å²) < 4.78 is 27.9. The monoisotopic (exact) mass is 333 g/mol. The summed E-state index contributed by atoms with van der Waals surface area (Å²) in [7, 11) is -3.50. The van der Waals surface area contributed by atoms with Gasteiger partial charge in [-0.15, -0.1) is 0 Å². The van der Waals surface area contributed by atoms with E-state index in [1.807, 2.05) is 6.92 Å². The predicted molar refractivity (Wildman–Crippen MR) is 74.1 cm³/mol. The summed E-state index contributed by atoms with van der Waals surface area (Å²) >= 11 is 3.25. The van der Waals surface area contributed by atoms with Crippen molar-refractivity contribution in [1.29, 1.82) is 0 Å². The highest BCUT2D eigenvalue weighted by atomic mass is 79.9. The zero-order valence-corrected chi connectivity index (χ0v) is 12.5. The van der Waals surface area contributed by atoms with Crippen LogP contribution in [0.4, 0.5) is 5.82 Å². The Morgan fingerprint density at radius 1 is 1.50 bits per heavy atom. The van der Waals surface area contributed by atoms with Crippen molar-refractivity contribution in [3.8, 4) is 0 Å². The SMILES string of the molecule is CCNc1ncc(Br)cc1S(=O)(=O)NC1CCC1. The summed E-state index contributed by atoms with van der Waals surface area (Å²) in [6, 6.07) is 1.65. The molecule has 18 heavy (non-hydrogen) atoms. The van der Waals surface area contributed by atoms with Crippen LogP contribution in [-0.4, -0.2) is 26.0 Å². The minimum Gasteiger partial charge on any atom is -0.369 e. The van der Waals surface area contributed by atoms with Crippen molar-refractivity contribution in [2.75, 3.05) is 11.9 Å². The van der Waals surface area contributed by atoms with E-state index >= 15 is 0 Å². The molecule has 2 rings (SSSR count). The van der Waals surface area contributed by atoms with Crippen molar-refractivity contribution in [1.82, 2.24) is 9.71 Å². The van der Waals surface area contributed by atoms with Crippen LogP contribution >= 0.6 is 15.9 Å². The zero-order valence-electron chi connectivity index (χ0n) is 10.1. The van der Waals surface area contributed by atoms with E-state index in [-0.39, 0.29) is 10.9 Å². The van der Waals surface area contributed by atoms with Gasteiger partial charge in [0.05, 0.1) is 0 Å². The number of sulfonamides is 1. The van der Waals surface area contributed by atoms with Crippen molar-refractivity contribution >= 4 is 31.8 Å². The van der Waals surface area contributed by atoms with Crippen LogP contribution < -0.4 is 10.0 Å². The van der Waals surface area contributed by atoms with Crippen LogP contribution in [-0.2, 0) is 10.0 Å². The first kappa shape index (κ1) is 13.8. The van der Waals surface area contributed by atoms with Gasteiger partial charge in [-0.05, 0) is 41.8 Å². The Kier molecular flexibility index (Phi) is 4.24.